The molecule has 0 saturated carbocycles. The summed E-state index contributed by atoms with van der Waals surface area (Å²) in [5.74, 6) is -0.263. The molecule has 2 amide bonds. The molecule has 2 aromatic carbocycles. The lowest BCUT2D eigenvalue weighted by Crippen LogP contribution is -2.39. The summed E-state index contributed by atoms with van der Waals surface area (Å²) < 4.78 is 20.0. The number of hydrogen-bond donors (Lipinski definition) is 0. The molecule has 2 aliphatic rings. The molecule has 0 aromatic heterocycles. The number of rotatable bonds is 4. The molecule has 4 nitrogen and oxygen atoms in total. The second kappa shape index (κ2) is 7.67. The minimum atomic E-state index is -1.74. The van der Waals surface area contributed by atoms with Crippen molar-refractivity contribution in [1.29, 1.82) is 0 Å². The minimum absolute atomic E-state index is 0.0251. The van der Waals surface area contributed by atoms with Gasteiger partial charge in [-0.15, -0.1) is 0 Å². The summed E-state index contributed by atoms with van der Waals surface area (Å²) in [6.07, 6.45) is 1.43. The monoisotopic (exact) mass is 424 g/mol. The van der Waals surface area contributed by atoms with Crippen molar-refractivity contribution in [2.24, 2.45) is 0 Å². The smallest absolute Gasteiger partial charge is 0.322 e. The Bertz CT molecular complexity index is 955. The molecule has 6 heteroatoms. The highest BCUT2D eigenvalue weighted by Gasteiger charge is 2.48. The van der Waals surface area contributed by atoms with E-state index in [4.69, 9.17) is 4.74 Å². The number of benzene rings is 2. The topological polar surface area (TPSA) is 32.8 Å². The Morgan fingerprint density at radius 3 is 2.20 bits per heavy atom. The van der Waals surface area contributed by atoms with Gasteiger partial charge in [-0.05, 0) is 41.5 Å². The van der Waals surface area contributed by atoms with Gasteiger partial charge in [-0.1, -0.05) is 62.1 Å². The van der Waals surface area contributed by atoms with E-state index in [2.05, 4.69) is 44.8 Å². The summed E-state index contributed by atoms with van der Waals surface area (Å²) in [7, 11) is 0.103. The second-order valence-corrected chi connectivity index (χ2v) is 14.3. The van der Waals surface area contributed by atoms with Crippen molar-refractivity contribution in [1.82, 2.24) is 9.80 Å². The van der Waals surface area contributed by atoms with Gasteiger partial charge < -0.3 is 9.64 Å². The van der Waals surface area contributed by atoms with Crippen LogP contribution >= 0.6 is 0 Å². The Morgan fingerprint density at radius 1 is 0.967 bits per heavy atom. The minimum Gasteiger partial charge on any atom is -0.343 e. The van der Waals surface area contributed by atoms with E-state index in [1.165, 1.54) is 17.3 Å². The van der Waals surface area contributed by atoms with Crippen LogP contribution in [0.4, 0.5) is 9.18 Å². The van der Waals surface area contributed by atoms with Crippen molar-refractivity contribution in [3.63, 3.8) is 0 Å². The first-order valence-electron chi connectivity index (χ1n) is 10.4. The molecule has 0 aliphatic carbocycles. The molecule has 1 fully saturated rings. The lowest BCUT2D eigenvalue weighted by molar-refractivity contribution is -0.0302. The molecule has 2 heterocycles. The summed E-state index contributed by atoms with van der Waals surface area (Å²) in [4.78, 5) is 16.9. The van der Waals surface area contributed by atoms with Gasteiger partial charge >= 0.3 is 6.03 Å². The molecule has 0 spiro atoms. The third-order valence-electron chi connectivity index (χ3n) is 6.22. The first-order chi connectivity index (χ1) is 14.2. The van der Waals surface area contributed by atoms with Gasteiger partial charge in [0.1, 0.15) is 11.9 Å². The molecule has 30 heavy (non-hydrogen) atoms. The number of hydrogen-bond acceptors (Lipinski definition) is 2. The molecule has 158 valence electrons. The van der Waals surface area contributed by atoms with Crippen molar-refractivity contribution in [3.8, 4) is 0 Å². The normalized spacial score (nSPS) is 27.0. The van der Waals surface area contributed by atoms with E-state index >= 15 is 0 Å². The Balaban J connectivity index is 1.74. The number of carbonyl (C=O) groups is 1. The van der Waals surface area contributed by atoms with Crippen LogP contribution in [-0.4, -0.2) is 43.2 Å². The SMILES string of the molecule is C[C@H]1[C@@H](c2ccccc2)N([C@H]2C=C([Si](C)(C)C)[C@H](c3ccc(F)cc3)O2)C(=O)N1C. The summed E-state index contributed by atoms with van der Waals surface area (Å²) in [6, 6.07) is 16.5. The summed E-state index contributed by atoms with van der Waals surface area (Å²) in [6.45, 7) is 8.90. The number of nitrogens with zero attached hydrogens (tertiary/aromatic N) is 2. The molecule has 0 radical (unpaired) electrons. The van der Waals surface area contributed by atoms with Crippen molar-refractivity contribution < 1.29 is 13.9 Å². The third kappa shape index (κ3) is 3.59. The van der Waals surface area contributed by atoms with Gasteiger partial charge in [0.25, 0.3) is 0 Å². The van der Waals surface area contributed by atoms with Crippen LogP contribution in [-0.2, 0) is 4.74 Å². The Morgan fingerprint density at radius 2 is 1.60 bits per heavy atom. The van der Waals surface area contributed by atoms with Gasteiger partial charge in [0.2, 0.25) is 0 Å². The van der Waals surface area contributed by atoms with E-state index in [9.17, 15) is 9.18 Å². The van der Waals surface area contributed by atoms with Crippen molar-refractivity contribution in [2.45, 2.75) is 51.0 Å². The van der Waals surface area contributed by atoms with Crippen LogP contribution in [0.15, 0.2) is 65.9 Å². The van der Waals surface area contributed by atoms with Gasteiger partial charge in [-0.3, -0.25) is 4.90 Å². The van der Waals surface area contributed by atoms with E-state index in [1.54, 1.807) is 17.0 Å². The quantitative estimate of drug-likeness (QED) is 0.605. The molecule has 1 saturated heterocycles. The van der Waals surface area contributed by atoms with Crippen molar-refractivity contribution in [2.75, 3.05) is 7.05 Å². The van der Waals surface area contributed by atoms with Gasteiger partial charge in [0, 0.05) is 7.05 Å². The van der Waals surface area contributed by atoms with Crippen molar-refractivity contribution in [3.05, 3.63) is 82.8 Å². The number of halogens is 1. The Labute approximate surface area is 179 Å². The maximum atomic E-state index is 13.5. The number of carbonyl (C=O) groups excluding carboxylic acids is 1. The maximum absolute atomic E-state index is 13.5. The molecule has 4 atom stereocenters. The highest BCUT2D eigenvalue weighted by Crippen LogP contribution is 2.44. The lowest BCUT2D eigenvalue weighted by atomic mass is 10.0. The van der Waals surface area contributed by atoms with Crippen molar-refractivity contribution >= 4 is 14.1 Å². The fourth-order valence-corrected chi connectivity index (χ4v) is 6.12. The largest absolute Gasteiger partial charge is 0.343 e. The van der Waals surface area contributed by atoms with Crippen LogP contribution in [0.1, 0.15) is 30.2 Å². The van der Waals surface area contributed by atoms with Gasteiger partial charge in [0.15, 0.2) is 6.23 Å². The zero-order chi connectivity index (χ0) is 21.6. The summed E-state index contributed by atoms with van der Waals surface area (Å²) in [5, 5.41) is 1.24. The van der Waals surface area contributed by atoms with E-state index in [0.717, 1.165) is 11.1 Å². The second-order valence-electron chi connectivity index (χ2n) is 9.23. The average molecular weight is 425 g/mol. The van der Waals surface area contributed by atoms with E-state index in [0.29, 0.717) is 0 Å². The number of ether oxygens (including phenoxy) is 1. The first kappa shape index (κ1) is 20.8. The molecule has 2 aliphatic heterocycles. The number of urea groups is 1. The molecular formula is C24H29FN2O2Si. The van der Waals surface area contributed by atoms with Crippen LogP contribution in [0.25, 0.3) is 0 Å². The maximum Gasteiger partial charge on any atom is 0.322 e. The standard InChI is InChI=1S/C24H29FN2O2Si/c1-16-22(17-9-7-6-8-10-17)27(24(28)26(16)2)21-15-20(30(3,4)5)23(29-21)18-11-13-19(25)14-12-18/h6-16,21-23H,1-5H3/t16-,21+,22-,23-/m0/s1. The fraction of sp³-hybridized carbons (Fsp3) is 0.375. The van der Waals surface area contributed by atoms with E-state index in [-0.39, 0.29) is 30.0 Å². The van der Waals surface area contributed by atoms with Crippen LogP contribution in [0.5, 0.6) is 0 Å². The predicted molar refractivity (Wildman–Crippen MR) is 119 cm³/mol. The van der Waals surface area contributed by atoms with Crippen LogP contribution in [0.3, 0.4) is 0 Å². The molecule has 0 unspecified atom stereocenters. The molecule has 0 N–H and O–H groups in total. The van der Waals surface area contributed by atoms with E-state index < -0.39 is 14.3 Å². The summed E-state index contributed by atoms with van der Waals surface area (Å²) >= 11 is 0. The van der Waals surface area contributed by atoms with Crippen LogP contribution in [0.2, 0.25) is 19.6 Å². The average Bonchev–Trinajstić information content (AvgIpc) is 3.25. The Hall–Kier alpha value is -2.44. The number of amides is 2. The van der Waals surface area contributed by atoms with Gasteiger partial charge in [-0.25, -0.2) is 9.18 Å². The Kier molecular flexibility index (Phi) is 5.32. The number of likely N-dealkylation sites (N-methyl/N-ethyl adjacent to an activating group) is 1. The zero-order valence-corrected chi connectivity index (χ0v) is 19.2. The van der Waals surface area contributed by atoms with Gasteiger partial charge in [0.05, 0.1) is 20.2 Å². The lowest BCUT2D eigenvalue weighted by Gasteiger charge is -2.30. The summed E-state index contributed by atoms with van der Waals surface area (Å²) in [5.41, 5.74) is 2.02. The molecule has 0 bridgehead atoms. The highest BCUT2D eigenvalue weighted by molar-refractivity contribution is 6.83. The van der Waals surface area contributed by atoms with Gasteiger partial charge in [-0.2, -0.15) is 0 Å². The molecule has 2 aromatic rings. The first-order valence-corrected chi connectivity index (χ1v) is 13.9. The highest BCUT2D eigenvalue weighted by atomic mass is 28.3. The fourth-order valence-electron chi connectivity index (χ4n) is 4.45. The predicted octanol–water partition coefficient (Wildman–Crippen LogP) is 5.52. The zero-order valence-electron chi connectivity index (χ0n) is 18.2. The van der Waals surface area contributed by atoms with Crippen LogP contribution < -0.4 is 0 Å². The third-order valence-corrected chi connectivity index (χ3v) is 8.39. The molecular weight excluding hydrogens is 395 g/mol. The van der Waals surface area contributed by atoms with Crippen LogP contribution in [0, 0.1) is 5.82 Å². The molecule has 4 rings (SSSR count). The van der Waals surface area contributed by atoms with E-state index in [1.807, 2.05) is 30.1 Å².